The van der Waals surface area contributed by atoms with Gasteiger partial charge in [0.1, 0.15) is 23.2 Å². The number of aromatic nitrogens is 1. The summed E-state index contributed by atoms with van der Waals surface area (Å²) in [5.41, 5.74) is 6.49. The van der Waals surface area contributed by atoms with Crippen LogP contribution < -0.4 is 5.73 Å². The molecule has 0 aliphatic heterocycles. The summed E-state index contributed by atoms with van der Waals surface area (Å²) in [4.78, 5) is 4.22. The van der Waals surface area contributed by atoms with Crippen LogP contribution in [0.25, 0.3) is 0 Å². The second-order valence-corrected chi connectivity index (χ2v) is 4.81. The minimum atomic E-state index is -0.484. The lowest BCUT2D eigenvalue weighted by Gasteiger charge is -2.07. The number of nitrogens with one attached hydrogen (secondary N) is 1. The predicted octanol–water partition coefficient (Wildman–Crippen LogP) is 2.94. The molecule has 2 rings (SSSR count). The Labute approximate surface area is 113 Å². The third-order valence-electron chi connectivity index (χ3n) is 2.42. The second kappa shape index (κ2) is 5.79. The largest absolute Gasteiger partial charge is 0.382 e. The summed E-state index contributed by atoms with van der Waals surface area (Å²) in [6.07, 6.45) is 1.54. The van der Waals surface area contributed by atoms with Crippen molar-refractivity contribution in [2.24, 2.45) is 5.73 Å². The van der Waals surface area contributed by atoms with Crippen LogP contribution in [-0.4, -0.2) is 10.8 Å². The van der Waals surface area contributed by atoms with E-state index in [1.165, 1.54) is 6.20 Å². The molecule has 6 heteroatoms. The zero-order valence-corrected chi connectivity index (χ0v) is 10.7. The summed E-state index contributed by atoms with van der Waals surface area (Å²) in [5.74, 6) is -0.735. The molecule has 0 saturated heterocycles. The van der Waals surface area contributed by atoms with Crippen LogP contribution in [0.5, 0.6) is 0 Å². The lowest BCUT2D eigenvalue weighted by molar-refractivity contribution is 0.577. The molecule has 0 unspecified atom stereocenters. The van der Waals surface area contributed by atoms with E-state index in [-0.39, 0.29) is 10.7 Å². The first-order valence-corrected chi connectivity index (χ1v) is 6.42. The third-order valence-corrected chi connectivity index (χ3v) is 3.50. The summed E-state index contributed by atoms with van der Waals surface area (Å²) in [6, 6.07) is 6.78. The average Bonchev–Trinajstić information content (AvgIpc) is 2.40. The normalized spacial score (nSPS) is 10.4. The molecule has 98 valence electrons. The molecule has 0 amide bonds. The molecule has 3 nitrogen and oxygen atoms in total. The maximum Gasteiger partial charge on any atom is 0.142 e. The van der Waals surface area contributed by atoms with Gasteiger partial charge in [-0.15, -0.1) is 11.8 Å². The van der Waals surface area contributed by atoms with Gasteiger partial charge in [0, 0.05) is 16.8 Å². The van der Waals surface area contributed by atoms with Gasteiger partial charge in [-0.3, -0.25) is 10.4 Å². The summed E-state index contributed by atoms with van der Waals surface area (Å²) >= 11 is 1.14. The number of pyridine rings is 1. The van der Waals surface area contributed by atoms with E-state index < -0.39 is 11.6 Å². The van der Waals surface area contributed by atoms with Crippen molar-refractivity contribution in [1.82, 2.24) is 4.98 Å². The Morgan fingerprint density at radius 1 is 1.32 bits per heavy atom. The van der Waals surface area contributed by atoms with Crippen LogP contribution in [0.4, 0.5) is 8.78 Å². The number of benzene rings is 1. The van der Waals surface area contributed by atoms with E-state index in [1.54, 1.807) is 12.1 Å². The Morgan fingerprint density at radius 2 is 2.11 bits per heavy atom. The standard InChI is InChI=1S/C13H11F2N3S/c14-9-3-4-10(15)11(6-9)19-7-8-2-1-5-18-12(8)13(16)17/h1-6H,7H2,(H3,16,17). The van der Waals surface area contributed by atoms with Gasteiger partial charge in [0.2, 0.25) is 0 Å². The molecular weight excluding hydrogens is 268 g/mol. The Kier molecular flexibility index (Phi) is 4.11. The molecule has 0 atom stereocenters. The minimum Gasteiger partial charge on any atom is -0.382 e. The van der Waals surface area contributed by atoms with E-state index in [4.69, 9.17) is 11.1 Å². The molecule has 0 bridgehead atoms. The van der Waals surface area contributed by atoms with Crippen LogP contribution in [0.2, 0.25) is 0 Å². The van der Waals surface area contributed by atoms with Gasteiger partial charge in [-0.05, 0) is 29.8 Å². The smallest absolute Gasteiger partial charge is 0.142 e. The number of nitrogens with zero attached hydrogens (tertiary/aromatic N) is 1. The van der Waals surface area contributed by atoms with Crippen molar-refractivity contribution in [1.29, 1.82) is 5.41 Å². The van der Waals surface area contributed by atoms with Crippen molar-refractivity contribution in [3.63, 3.8) is 0 Å². The number of hydrogen-bond donors (Lipinski definition) is 2. The molecule has 3 N–H and O–H groups in total. The van der Waals surface area contributed by atoms with Crippen LogP contribution in [0.3, 0.4) is 0 Å². The second-order valence-electron chi connectivity index (χ2n) is 3.79. The van der Waals surface area contributed by atoms with Gasteiger partial charge >= 0.3 is 0 Å². The Bertz CT molecular complexity index is 617. The molecule has 0 spiro atoms. The van der Waals surface area contributed by atoms with Crippen molar-refractivity contribution in [2.45, 2.75) is 10.6 Å². The van der Waals surface area contributed by atoms with Crippen LogP contribution in [0, 0.1) is 17.0 Å². The Hall–Kier alpha value is -1.95. The van der Waals surface area contributed by atoms with Crippen molar-refractivity contribution >= 4 is 17.6 Å². The van der Waals surface area contributed by atoms with Crippen molar-refractivity contribution < 1.29 is 8.78 Å². The molecule has 1 aromatic heterocycles. The molecule has 19 heavy (non-hydrogen) atoms. The Morgan fingerprint density at radius 3 is 2.84 bits per heavy atom. The molecule has 1 aromatic carbocycles. The molecule has 1 heterocycles. The number of thioether (sulfide) groups is 1. The number of nitrogen functional groups attached to an aromatic ring is 1. The summed E-state index contributed by atoms with van der Waals surface area (Å²) < 4.78 is 26.5. The molecule has 2 aromatic rings. The van der Waals surface area contributed by atoms with Crippen molar-refractivity contribution in [2.75, 3.05) is 0 Å². The van der Waals surface area contributed by atoms with Gasteiger partial charge in [-0.1, -0.05) is 6.07 Å². The van der Waals surface area contributed by atoms with E-state index in [0.29, 0.717) is 17.0 Å². The third kappa shape index (κ3) is 3.29. The summed E-state index contributed by atoms with van der Waals surface area (Å²) in [5, 5.41) is 7.41. The van der Waals surface area contributed by atoms with Gasteiger partial charge in [-0.25, -0.2) is 8.78 Å². The SMILES string of the molecule is N=C(N)c1ncccc1CSc1cc(F)ccc1F. The molecule has 0 aliphatic rings. The lowest BCUT2D eigenvalue weighted by Crippen LogP contribution is -2.15. The number of rotatable bonds is 4. The van der Waals surface area contributed by atoms with Crippen LogP contribution in [0.15, 0.2) is 41.4 Å². The van der Waals surface area contributed by atoms with E-state index in [0.717, 1.165) is 30.0 Å². The van der Waals surface area contributed by atoms with E-state index >= 15 is 0 Å². The minimum absolute atomic E-state index is 0.143. The fourth-order valence-electron chi connectivity index (χ4n) is 1.54. The first kappa shape index (κ1) is 13.5. The van der Waals surface area contributed by atoms with Gasteiger partial charge in [0.05, 0.1) is 0 Å². The quantitative estimate of drug-likeness (QED) is 0.514. The predicted molar refractivity (Wildman–Crippen MR) is 71.2 cm³/mol. The zero-order chi connectivity index (χ0) is 13.8. The van der Waals surface area contributed by atoms with Gasteiger partial charge in [0.15, 0.2) is 0 Å². The van der Waals surface area contributed by atoms with E-state index in [9.17, 15) is 8.78 Å². The van der Waals surface area contributed by atoms with Crippen LogP contribution in [0.1, 0.15) is 11.3 Å². The van der Waals surface area contributed by atoms with E-state index in [1.807, 2.05) is 0 Å². The van der Waals surface area contributed by atoms with Gasteiger partial charge in [-0.2, -0.15) is 0 Å². The highest BCUT2D eigenvalue weighted by Gasteiger charge is 2.09. The van der Waals surface area contributed by atoms with Crippen molar-refractivity contribution in [3.8, 4) is 0 Å². The van der Waals surface area contributed by atoms with E-state index in [2.05, 4.69) is 4.98 Å². The van der Waals surface area contributed by atoms with Crippen LogP contribution in [-0.2, 0) is 5.75 Å². The van der Waals surface area contributed by atoms with Gasteiger partial charge in [0.25, 0.3) is 0 Å². The number of hydrogen-bond acceptors (Lipinski definition) is 3. The lowest BCUT2D eigenvalue weighted by atomic mass is 10.2. The molecule has 0 radical (unpaired) electrons. The van der Waals surface area contributed by atoms with Gasteiger partial charge < -0.3 is 5.73 Å². The molecule has 0 saturated carbocycles. The maximum atomic E-state index is 13.5. The van der Waals surface area contributed by atoms with Crippen LogP contribution >= 0.6 is 11.8 Å². The highest BCUT2D eigenvalue weighted by atomic mass is 32.2. The van der Waals surface area contributed by atoms with Crippen molar-refractivity contribution in [3.05, 3.63) is 59.4 Å². The highest BCUT2D eigenvalue weighted by molar-refractivity contribution is 7.98. The highest BCUT2D eigenvalue weighted by Crippen LogP contribution is 2.26. The maximum absolute atomic E-state index is 13.5. The number of halogens is 2. The fourth-order valence-corrected chi connectivity index (χ4v) is 2.49. The number of amidine groups is 1. The fraction of sp³-hybridized carbons (Fsp3) is 0.0769. The summed E-state index contributed by atoms with van der Waals surface area (Å²) in [7, 11) is 0. The average molecular weight is 279 g/mol. The Balaban J connectivity index is 2.19. The number of nitrogens with two attached hydrogens (primary N) is 1. The first-order valence-electron chi connectivity index (χ1n) is 5.44. The monoisotopic (exact) mass is 279 g/mol. The molecular formula is C13H11F2N3S. The molecule has 0 fully saturated rings. The summed E-state index contributed by atoms with van der Waals surface area (Å²) in [6.45, 7) is 0. The molecule has 0 aliphatic carbocycles. The zero-order valence-electron chi connectivity index (χ0n) is 9.86. The first-order chi connectivity index (χ1) is 9.08. The topological polar surface area (TPSA) is 62.8 Å².